The molecule has 0 N–H and O–H groups in total. The Morgan fingerprint density at radius 1 is 0.750 bits per heavy atom. The summed E-state index contributed by atoms with van der Waals surface area (Å²) in [5, 5.41) is 9.15. The van der Waals surface area contributed by atoms with E-state index in [0.29, 0.717) is 0 Å². The van der Waals surface area contributed by atoms with Crippen LogP contribution in [0.15, 0.2) is 0 Å². The van der Waals surface area contributed by atoms with Crippen molar-refractivity contribution in [2.45, 2.75) is 40.8 Å². The lowest BCUT2D eigenvalue weighted by Gasteiger charge is -2.17. The number of aromatic nitrogens is 4. The van der Waals surface area contributed by atoms with Crippen LogP contribution in [0, 0.1) is 27.7 Å². The maximum atomic E-state index is 4.58. The summed E-state index contributed by atoms with van der Waals surface area (Å²) in [7, 11) is 0. The van der Waals surface area contributed by atoms with Crippen molar-refractivity contribution in [1.29, 1.82) is 0 Å². The number of hydrogen-bond donors (Lipinski definition) is 0. The van der Waals surface area contributed by atoms with E-state index in [4.69, 9.17) is 0 Å². The van der Waals surface area contributed by atoms with Crippen LogP contribution in [0.2, 0.25) is 0 Å². The van der Waals surface area contributed by atoms with Gasteiger partial charge < -0.3 is 0 Å². The summed E-state index contributed by atoms with van der Waals surface area (Å²) in [6.07, 6.45) is 0. The molecule has 16 heavy (non-hydrogen) atoms. The maximum absolute atomic E-state index is 4.58. The molecule has 84 valence electrons. The first-order chi connectivity index (χ1) is 7.58. The average Bonchev–Trinajstić information content (AvgIpc) is 2.67. The minimum absolute atomic E-state index is 0.858. The second-order valence-corrected chi connectivity index (χ2v) is 4.63. The second-order valence-electron chi connectivity index (χ2n) is 4.63. The number of aryl methyl sites for hydroxylation is 2. The number of rotatable bonds is 0. The van der Waals surface area contributed by atoms with Crippen molar-refractivity contribution in [3.63, 3.8) is 0 Å². The Kier molecular flexibility index (Phi) is 1.79. The van der Waals surface area contributed by atoms with E-state index in [-0.39, 0.29) is 0 Å². The molecule has 0 aliphatic carbocycles. The Hall–Kier alpha value is -1.58. The molecular weight excluding hydrogens is 200 g/mol. The molecule has 0 unspecified atom stereocenters. The summed E-state index contributed by atoms with van der Waals surface area (Å²) in [6.45, 7) is 10.1. The van der Waals surface area contributed by atoms with E-state index in [1.54, 1.807) is 0 Å². The smallest absolute Gasteiger partial charge is 0.0835 e. The molecule has 1 aliphatic heterocycles. The van der Waals surface area contributed by atoms with Gasteiger partial charge in [-0.1, -0.05) is 0 Å². The van der Waals surface area contributed by atoms with Gasteiger partial charge in [0.25, 0.3) is 0 Å². The highest BCUT2D eigenvalue weighted by molar-refractivity contribution is 5.31. The standard InChI is InChI=1S/C12H16N4/c1-7-9(3)13-15-6-12-8(2)10(4)14-16(12)5-11(7)15/h5-6H2,1-4H3. The Morgan fingerprint density at radius 3 is 1.50 bits per heavy atom. The van der Waals surface area contributed by atoms with Crippen LogP contribution in [0.25, 0.3) is 0 Å². The van der Waals surface area contributed by atoms with Gasteiger partial charge in [0.05, 0.1) is 35.9 Å². The molecule has 0 aromatic carbocycles. The molecule has 4 heteroatoms. The summed E-state index contributed by atoms with van der Waals surface area (Å²) >= 11 is 0. The van der Waals surface area contributed by atoms with Crippen molar-refractivity contribution in [2.75, 3.05) is 0 Å². The molecule has 0 bridgehead atoms. The zero-order valence-electron chi connectivity index (χ0n) is 10.2. The highest BCUT2D eigenvalue weighted by atomic mass is 15.4. The zero-order valence-corrected chi connectivity index (χ0v) is 10.2. The topological polar surface area (TPSA) is 35.6 Å². The number of hydrogen-bond acceptors (Lipinski definition) is 2. The molecule has 3 rings (SSSR count). The van der Waals surface area contributed by atoms with E-state index in [9.17, 15) is 0 Å². The molecule has 0 spiro atoms. The first-order valence-electron chi connectivity index (χ1n) is 5.63. The SMILES string of the molecule is Cc1nn2c(c1C)Cn1nc(C)c(C)c1C2. The Balaban J connectivity index is 2.16. The lowest BCUT2D eigenvalue weighted by Crippen LogP contribution is -2.21. The molecular formula is C12H16N4. The Bertz CT molecular complexity index is 522. The number of fused-ring (bicyclic) bond motifs is 2. The van der Waals surface area contributed by atoms with E-state index in [1.807, 2.05) is 0 Å². The van der Waals surface area contributed by atoms with Gasteiger partial charge in [0.2, 0.25) is 0 Å². The highest BCUT2D eigenvalue weighted by Crippen LogP contribution is 2.23. The molecule has 4 nitrogen and oxygen atoms in total. The maximum Gasteiger partial charge on any atom is 0.0835 e. The molecule has 0 amide bonds. The molecule has 0 atom stereocenters. The van der Waals surface area contributed by atoms with E-state index >= 15 is 0 Å². The lowest BCUT2D eigenvalue weighted by atomic mass is 10.1. The Labute approximate surface area is 94.9 Å². The third-order valence-corrected chi connectivity index (χ3v) is 3.71. The first-order valence-corrected chi connectivity index (χ1v) is 5.63. The summed E-state index contributed by atoms with van der Waals surface area (Å²) < 4.78 is 4.24. The van der Waals surface area contributed by atoms with Crippen molar-refractivity contribution in [3.8, 4) is 0 Å². The fourth-order valence-corrected chi connectivity index (χ4v) is 2.38. The largest absolute Gasteiger partial charge is 0.261 e. The monoisotopic (exact) mass is 216 g/mol. The second kappa shape index (κ2) is 2.97. The molecule has 1 aliphatic rings. The summed E-state index contributed by atoms with van der Waals surface area (Å²) in [4.78, 5) is 0. The molecule has 0 saturated carbocycles. The third-order valence-electron chi connectivity index (χ3n) is 3.71. The van der Waals surface area contributed by atoms with Gasteiger partial charge in [-0.3, -0.25) is 9.36 Å². The minimum Gasteiger partial charge on any atom is -0.261 e. The van der Waals surface area contributed by atoms with Crippen molar-refractivity contribution >= 4 is 0 Å². The predicted molar refractivity (Wildman–Crippen MR) is 61.6 cm³/mol. The van der Waals surface area contributed by atoms with E-state index < -0.39 is 0 Å². The molecule has 0 radical (unpaired) electrons. The van der Waals surface area contributed by atoms with E-state index in [0.717, 1.165) is 24.5 Å². The highest BCUT2D eigenvalue weighted by Gasteiger charge is 2.22. The van der Waals surface area contributed by atoms with Crippen LogP contribution < -0.4 is 0 Å². The molecule has 0 saturated heterocycles. The van der Waals surface area contributed by atoms with Crippen LogP contribution in [-0.2, 0) is 13.1 Å². The summed E-state index contributed by atoms with van der Waals surface area (Å²) in [5.74, 6) is 0. The molecule has 2 aromatic heterocycles. The number of nitrogens with zero attached hydrogens (tertiary/aromatic N) is 4. The third kappa shape index (κ3) is 1.10. The Morgan fingerprint density at radius 2 is 1.12 bits per heavy atom. The van der Waals surface area contributed by atoms with Gasteiger partial charge >= 0.3 is 0 Å². The van der Waals surface area contributed by atoms with Gasteiger partial charge in [-0.2, -0.15) is 10.2 Å². The van der Waals surface area contributed by atoms with Gasteiger partial charge in [0, 0.05) is 0 Å². The molecule has 0 fully saturated rings. The van der Waals surface area contributed by atoms with Gasteiger partial charge in [0.1, 0.15) is 0 Å². The van der Waals surface area contributed by atoms with E-state index in [1.165, 1.54) is 22.5 Å². The van der Waals surface area contributed by atoms with Gasteiger partial charge in [-0.05, 0) is 38.8 Å². The quantitative estimate of drug-likeness (QED) is 0.573. The van der Waals surface area contributed by atoms with Gasteiger partial charge in [0.15, 0.2) is 0 Å². The van der Waals surface area contributed by atoms with Crippen molar-refractivity contribution < 1.29 is 0 Å². The minimum atomic E-state index is 0.858. The summed E-state index contributed by atoms with van der Waals surface area (Å²) in [5.41, 5.74) is 7.47. The molecule has 3 heterocycles. The van der Waals surface area contributed by atoms with Gasteiger partial charge in [-0.25, -0.2) is 0 Å². The summed E-state index contributed by atoms with van der Waals surface area (Å²) in [6, 6.07) is 0. The van der Waals surface area contributed by atoms with Crippen LogP contribution >= 0.6 is 0 Å². The van der Waals surface area contributed by atoms with Crippen LogP contribution in [0.3, 0.4) is 0 Å². The fraction of sp³-hybridized carbons (Fsp3) is 0.500. The van der Waals surface area contributed by atoms with Crippen LogP contribution in [-0.4, -0.2) is 19.6 Å². The fourth-order valence-electron chi connectivity index (χ4n) is 2.38. The van der Waals surface area contributed by atoms with Crippen molar-refractivity contribution in [3.05, 3.63) is 33.9 Å². The van der Waals surface area contributed by atoms with Crippen molar-refractivity contribution in [1.82, 2.24) is 19.6 Å². The normalized spacial score (nSPS) is 13.8. The van der Waals surface area contributed by atoms with Gasteiger partial charge in [-0.15, -0.1) is 0 Å². The molecule has 2 aromatic rings. The van der Waals surface area contributed by atoms with Crippen LogP contribution in [0.5, 0.6) is 0 Å². The van der Waals surface area contributed by atoms with Crippen LogP contribution in [0.1, 0.15) is 33.9 Å². The van der Waals surface area contributed by atoms with E-state index in [2.05, 4.69) is 47.3 Å². The van der Waals surface area contributed by atoms with Crippen LogP contribution in [0.4, 0.5) is 0 Å². The lowest BCUT2D eigenvalue weighted by molar-refractivity contribution is 0.501. The van der Waals surface area contributed by atoms with Crippen molar-refractivity contribution in [2.24, 2.45) is 0 Å². The zero-order chi connectivity index (χ0) is 11.4. The average molecular weight is 216 g/mol. The first kappa shape index (κ1) is 9.63. The predicted octanol–water partition coefficient (Wildman–Crippen LogP) is 1.72.